The molecule has 2 heteroatoms. The Hall–Kier alpha value is -1.02. The molecule has 0 aliphatic carbocycles. The summed E-state index contributed by atoms with van der Waals surface area (Å²) in [5.74, 6) is 1.41. The van der Waals surface area contributed by atoms with Crippen molar-refractivity contribution < 1.29 is 0 Å². The van der Waals surface area contributed by atoms with E-state index in [2.05, 4.69) is 56.1 Å². The molecule has 1 aliphatic rings. The number of anilines is 1. The van der Waals surface area contributed by atoms with E-state index in [9.17, 15) is 0 Å². The molecule has 18 heavy (non-hydrogen) atoms. The molecular weight excluding hydrogens is 220 g/mol. The van der Waals surface area contributed by atoms with Crippen LogP contribution in [-0.2, 0) is 0 Å². The molecule has 1 N–H and O–H groups in total. The molecule has 1 fully saturated rings. The third-order valence-corrected chi connectivity index (χ3v) is 3.76. The van der Waals surface area contributed by atoms with Crippen LogP contribution in [0.15, 0.2) is 18.2 Å². The van der Waals surface area contributed by atoms with Gasteiger partial charge in [0.1, 0.15) is 0 Å². The van der Waals surface area contributed by atoms with E-state index in [4.69, 9.17) is 0 Å². The summed E-state index contributed by atoms with van der Waals surface area (Å²) in [6, 6.07) is 6.79. The van der Waals surface area contributed by atoms with Gasteiger partial charge in [-0.15, -0.1) is 0 Å². The molecule has 0 radical (unpaired) electrons. The number of hydrogen-bond donors (Lipinski definition) is 1. The van der Waals surface area contributed by atoms with Crippen molar-refractivity contribution in [2.45, 2.75) is 27.7 Å². The number of hydrogen-bond acceptors (Lipinski definition) is 2. The first-order valence-electron chi connectivity index (χ1n) is 7.09. The Bertz CT molecular complexity index is 388. The minimum atomic E-state index is 0.706. The highest BCUT2D eigenvalue weighted by Gasteiger charge is 2.18. The molecule has 1 aliphatic heterocycles. The Labute approximate surface area is 111 Å². The highest BCUT2D eigenvalue weighted by atomic mass is 15.1. The lowest BCUT2D eigenvalue weighted by atomic mass is 10.0. The standard InChI is InChI=1S/C16H26N2/c1-12-5-6-15(4)16(7-12)18-10-13(2)8-17-9-14(3)11-18/h5-7,13-14,17H,8-11H2,1-4H3. The Morgan fingerprint density at radius 2 is 1.67 bits per heavy atom. The van der Waals surface area contributed by atoms with Crippen molar-refractivity contribution >= 4 is 5.69 Å². The molecule has 0 spiro atoms. The zero-order valence-corrected chi connectivity index (χ0v) is 12.2. The third kappa shape index (κ3) is 3.26. The van der Waals surface area contributed by atoms with Crippen molar-refractivity contribution in [2.75, 3.05) is 31.1 Å². The van der Waals surface area contributed by atoms with Crippen molar-refractivity contribution in [1.29, 1.82) is 0 Å². The van der Waals surface area contributed by atoms with Crippen molar-refractivity contribution in [3.05, 3.63) is 29.3 Å². The van der Waals surface area contributed by atoms with Crippen LogP contribution in [0.1, 0.15) is 25.0 Å². The summed E-state index contributed by atoms with van der Waals surface area (Å²) in [6.45, 7) is 13.6. The van der Waals surface area contributed by atoms with E-state index in [0.717, 1.165) is 26.2 Å². The fourth-order valence-corrected chi connectivity index (χ4v) is 2.79. The largest absolute Gasteiger partial charge is 0.371 e. The van der Waals surface area contributed by atoms with Gasteiger partial charge >= 0.3 is 0 Å². The second kappa shape index (κ2) is 5.75. The molecule has 2 unspecified atom stereocenters. The van der Waals surface area contributed by atoms with Crippen LogP contribution in [0.2, 0.25) is 0 Å². The Kier molecular flexibility index (Phi) is 4.28. The Balaban J connectivity index is 2.24. The second-order valence-electron chi connectivity index (χ2n) is 6.06. The van der Waals surface area contributed by atoms with Crippen molar-refractivity contribution in [2.24, 2.45) is 11.8 Å². The SMILES string of the molecule is Cc1ccc(C)c(N2CC(C)CNCC(C)C2)c1. The molecule has 1 aromatic carbocycles. The van der Waals surface area contributed by atoms with E-state index < -0.39 is 0 Å². The highest BCUT2D eigenvalue weighted by Crippen LogP contribution is 2.24. The van der Waals surface area contributed by atoms with Crippen LogP contribution in [0.3, 0.4) is 0 Å². The summed E-state index contributed by atoms with van der Waals surface area (Å²) < 4.78 is 0. The van der Waals surface area contributed by atoms with E-state index in [1.807, 2.05) is 0 Å². The van der Waals surface area contributed by atoms with Gasteiger partial charge < -0.3 is 10.2 Å². The second-order valence-corrected chi connectivity index (χ2v) is 6.06. The zero-order chi connectivity index (χ0) is 13.1. The van der Waals surface area contributed by atoms with Crippen LogP contribution in [0.5, 0.6) is 0 Å². The molecule has 2 atom stereocenters. The Morgan fingerprint density at radius 1 is 1.06 bits per heavy atom. The van der Waals surface area contributed by atoms with Gasteiger partial charge in [0.05, 0.1) is 0 Å². The van der Waals surface area contributed by atoms with Crippen molar-refractivity contribution in [1.82, 2.24) is 5.32 Å². The van der Waals surface area contributed by atoms with Crippen LogP contribution in [0.4, 0.5) is 5.69 Å². The number of rotatable bonds is 1. The first kappa shape index (κ1) is 13.4. The average Bonchev–Trinajstić information content (AvgIpc) is 2.29. The zero-order valence-electron chi connectivity index (χ0n) is 12.2. The predicted molar refractivity (Wildman–Crippen MR) is 79.3 cm³/mol. The van der Waals surface area contributed by atoms with Gasteiger partial charge in [0.2, 0.25) is 0 Å². The molecule has 0 aromatic heterocycles. The van der Waals surface area contributed by atoms with E-state index in [1.54, 1.807) is 0 Å². The number of aryl methyl sites for hydroxylation is 2. The van der Waals surface area contributed by atoms with Crippen LogP contribution in [0, 0.1) is 25.7 Å². The van der Waals surface area contributed by atoms with Crippen molar-refractivity contribution in [3.63, 3.8) is 0 Å². The summed E-state index contributed by atoms with van der Waals surface area (Å²) >= 11 is 0. The fraction of sp³-hybridized carbons (Fsp3) is 0.625. The van der Waals surface area contributed by atoms with Crippen LogP contribution >= 0.6 is 0 Å². The lowest BCUT2D eigenvalue weighted by Gasteiger charge is -2.34. The third-order valence-electron chi connectivity index (χ3n) is 3.76. The van der Waals surface area contributed by atoms with Gasteiger partial charge in [-0.3, -0.25) is 0 Å². The average molecular weight is 246 g/mol. The molecule has 2 rings (SSSR count). The molecule has 100 valence electrons. The molecule has 1 aromatic rings. The first-order valence-corrected chi connectivity index (χ1v) is 7.09. The van der Waals surface area contributed by atoms with Crippen LogP contribution in [0.25, 0.3) is 0 Å². The quantitative estimate of drug-likeness (QED) is 0.819. The highest BCUT2D eigenvalue weighted by molar-refractivity contribution is 5.55. The number of nitrogens with zero attached hydrogens (tertiary/aromatic N) is 1. The normalized spacial score (nSPS) is 25.7. The maximum Gasteiger partial charge on any atom is 0.0398 e. The summed E-state index contributed by atoms with van der Waals surface area (Å²) in [5.41, 5.74) is 4.18. The first-order chi connectivity index (χ1) is 8.56. The van der Waals surface area contributed by atoms with E-state index >= 15 is 0 Å². The van der Waals surface area contributed by atoms with Crippen LogP contribution in [-0.4, -0.2) is 26.2 Å². The minimum Gasteiger partial charge on any atom is -0.371 e. The summed E-state index contributed by atoms with van der Waals surface area (Å²) in [5, 5.41) is 3.56. The van der Waals surface area contributed by atoms with Gasteiger partial charge in [-0.25, -0.2) is 0 Å². The lowest BCUT2D eigenvalue weighted by molar-refractivity contribution is 0.410. The van der Waals surface area contributed by atoms with Gasteiger partial charge in [0.15, 0.2) is 0 Å². The summed E-state index contributed by atoms with van der Waals surface area (Å²) in [6.07, 6.45) is 0. The van der Waals surface area contributed by atoms with Gasteiger partial charge in [0.25, 0.3) is 0 Å². The molecule has 0 bridgehead atoms. The van der Waals surface area contributed by atoms with E-state index in [1.165, 1.54) is 16.8 Å². The fourth-order valence-electron chi connectivity index (χ4n) is 2.79. The maximum absolute atomic E-state index is 3.56. The van der Waals surface area contributed by atoms with E-state index in [-0.39, 0.29) is 0 Å². The van der Waals surface area contributed by atoms with Gasteiger partial charge in [-0.2, -0.15) is 0 Å². The van der Waals surface area contributed by atoms with Gasteiger partial charge in [0, 0.05) is 18.8 Å². The molecule has 1 heterocycles. The molecular formula is C16H26N2. The monoisotopic (exact) mass is 246 g/mol. The molecule has 1 saturated heterocycles. The van der Waals surface area contributed by atoms with Crippen molar-refractivity contribution in [3.8, 4) is 0 Å². The van der Waals surface area contributed by atoms with Gasteiger partial charge in [-0.05, 0) is 56.0 Å². The van der Waals surface area contributed by atoms with Gasteiger partial charge in [-0.1, -0.05) is 26.0 Å². The number of benzene rings is 1. The number of nitrogens with one attached hydrogen (secondary N) is 1. The van der Waals surface area contributed by atoms with E-state index in [0.29, 0.717) is 11.8 Å². The molecule has 2 nitrogen and oxygen atoms in total. The lowest BCUT2D eigenvalue weighted by Crippen LogP contribution is -2.43. The minimum absolute atomic E-state index is 0.706. The van der Waals surface area contributed by atoms with Crippen LogP contribution < -0.4 is 10.2 Å². The topological polar surface area (TPSA) is 15.3 Å². The predicted octanol–water partition coefficient (Wildman–Crippen LogP) is 2.99. The smallest absolute Gasteiger partial charge is 0.0398 e. The summed E-state index contributed by atoms with van der Waals surface area (Å²) in [7, 11) is 0. The Morgan fingerprint density at radius 3 is 2.28 bits per heavy atom. The maximum atomic E-state index is 3.56. The summed E-state index contributed by atoms with van der Waals surface area (Å²) in [4.78, 5) is 2.58. The molecule has 0 amide bonds. The molecule has 0 saturated carbocycles.